The van der Waals surface area contributed by atoms with Gasteiger partial charge in [-0.3, -0.25) is 0 Å². The van der Waals surface area contributed by atoms with Gasteiger partial charge in [0.05, 0.1) is 0 Å². The molecule has 3 unspecified atom stereocenters. The Labute approximate surface area is 108 Å². The van der Waals surface area contributed by atoms with E-state index in [-0.39, 0.29) is 7.92 Å². The summed E-state index contributed by atoms with van der Waals surface area (Å²) in [5.74, 6) is 0.917. The fraction of sp³-hybridized carbons (Fsp3) is 0.625. The molecule has 1 fully saturated rings. The summed E-state index contributed by atoms with van der Waals surface area (Å²) in [5, 5.41) is 2.04. The average Bonchev–Trinajstić information content (AvgIpc) is 2.65. The molecule has 1 aromatic carbocycles. The van der Waals surface area contributed by atoms with Crippen molar-refractivity contribution in [2.75, 3.05) is 0 Å². The molecule has 0 spiro atoms. The zero-order chi connectivity index (χ0) is 12.5. The molecule has 1 heteroatoms. The van der Waals surface area contributed by atoms with Crippen molar-refractivity contribution in [1.82, 2.24) is 0 Å². The fourth-order valence-corrected chi connectivity index (χ4v) is 6.92. The van der Waals surface area contributed by atoms with E-state index in [9.17, 15) is 0 Å². The largest absolute Gasteiger partial charge is 0.0664 e. The first-order chi connectivity index (χ1) is 8.00. The van der Waals surface area contributed by atoms with Gasteiger partial charge in [-0.15, -0.1) is 0 Å². The Morgan fingerprint density at radius 1 is 1.06 bits per heavy atom. The van der Waals surface area contributed by atoms with Crippen LogP contribution in [-0.2, 0) is 0 Å². The van der Waals surface area contributed by atoms with Crippen LogP contribution in [0.4, 0.5) is 0 Å². The molecule has 17 heavy (non-hydrogen) atoms. The van der Waals surface area contributed by atoms with Crippen LogP contribution in [0.5, 0.6) is 0 Å². The van der Waals surface area contributed by atoms with E-state index in [1.165, 1.54) is 19.3 Å². The van der Waals surface area contributed by atoms with E-state index >= 15 is 0 Å². The molecule has 0 bridgehead atoms. The van der Waals surface area contributed by atoms with Crippen LogP contribution in [0, 0.1) is 5.92 Å². The minimum Gasteiger partial charge on any atom is -0.0664 e. The van der Waals surface area contributed by atoms with Crippen LogP contribution >= 0.6 is 7.92 Å². The third-order valence-corrected chi connectivity index (χ3v) is 7.64. The molecule has 0 aromatic heterocycles. The summed E-state index contributed by atoms with van der Waals surface area (Å²) in [5.41, 5.74) is 0.937. The minimum absolute atomic E-state index is 0.0373. The van der Waals surface area contributed by atoms with Gasteiger partial charge in [0.2, 0.25) is 0 Å². The molecule has 0 saturated heterocycles. The Balaban J connectivity index is 2.32. The van der Waals surface area contributed by atoms with Gasteiger partial charge in [0.15, 0.2) is 0 Å². The third-order valence-electron chi connectivity index (χ3n) is 3.90. The van der Waals surface area contributed by atoms with Gasteiger partial charge in [0, 0.05) is 0 Å². The van der Waals surface area contributed by atoms with Crippen molar-refractivity contribution in [3.8, 4) is 0 Å². The van der Waals surface area contributed by atoms with Crippen LogP contribution in [0.1, 0.15) is 47.0 Å². The highest BCUT2D eigenvalue weighted by Crippen LogP contribution is 2.58. The molecule has 0 radical (unpaired) electrons. The van der Waals surface area contributed by atoms with E-state index in [4.69, 9.17) is 0 Å². The summed E-state index contributed by atoms with van der Waals surface area (Å²) in [6.07, 6.45) is 4.32. The first-order valence-corrected chi connectivity index (χ1v) is 8.25. The van der Waals surface area contributed by atoms with Gasteiger partial charge in [-0.25, -0.2) is 0 Å². The Hall–Kier alpha value is -0.350. The lowest BCUT2D eigenvalue weighted by atomic mass is 10.1. The second-order valence-electron chi connectivity index (χ2n) is 6.35. The summed E-state index contributed by atoms with van der Waals surface area (Å²) in [4.78, 5) is 0. The maximum atomic E-state index is 2.46. The van der Waals surface area contributed by atoms with E-state index in [1.807, 2.05) is 0 Å². The van der Waals surface area contributed by atoms with Crippen LogP contribution in [-0.4, -0.2) is 10.8 Å². The average molecular weight is 248 g/mol. The summed E-state index contributed by atoms with van der Waals surface area (Å²) >= 11 is 0. The normalized spacial score (nSPS) is 27.1. The SMILES string of the molecule is CC1CCCC1P(c1ccccc1)C(C)(C)C. The Morgan fingerprint density at radius 2 is 1.71 bits per heavy atom. The van der Waals surface area contributed by atoms with E-state index < -0.39 is 0 Å². The third kappa shape index (κ3) is 2.91. The van der Waals surface area contributed by atoms with E-state index in [0.717, 1.165) is 11.6 Å². The van der Waals surface area contributed by atoms with Crippen LogP contribution < -0.4 is 5.30 Å². The second-order valence-corrected chi connectivity index (χ2v) is 9.61. The standard InChI is InChI=1S/C16H25P/c1-13-9-8-12-15(13)17(16(2,3)4)14-10-6-5-7-11-14/h5-7,10-11,13,15H,8-9,12H2,1-4H3. The van der Waals surface area contributed by atoms with Crippen molar-refractivity contribution in [2.45, 2.75) is 57.8 Å². The van der Waals surface area contributed by atoms with Crippen LogP contribution in [0.2, 0.25) is 0 Å². The molecule has 0 nitrogen and oxygen atoms in total. The molecular weight excluding hydrogens is 223 g/mol. The van der Waals surface area contributed by atoms with Gasteiger partial charge >= 0.3 is 0 Å². The summed E-state index contributed by atoms with van der Waals surface area (Å²) < 4.78 is 0. The molecule has 2 rings (SSSR count). The Morgan fingerprint density at radius 3 is 2.18 bits per heavy atom. The fourth-order valence-electron chi connectivity index (χ4n) is 3.17. The Bertz CT molecular complexity index is 350. The van der Waals surface area contributed by atoms with Gasteiger partial charge in [-0.2, -0.15) is 0 Å². The molecule has 1 aliphatic rings. The molecule has 0 aliphatic heterocycles. The Kier molecular flexibility index (Phi) is 3.93. The van der Waals surface area contributed by atoms with Crippen molar-refractivity contribution in [2.24, 2.45) is 5.92 Å². The molecule has 94 valence electrons. The van der Waals surface area contributed by atoms with Crippen molar-refractivity contribution in [1.29, 1.82) is 0 Å². The predicted molar refractivity (Wildman–Crippen MR) is 79.6 cm³/mol. The van der Waals surface area contributed by atoms with Crippen molar-refractivity contribution < 1.29 is 0 Å². The molecule has 1 aliphatic carbocycles. The topological polar surface area (TPSA) is 0 Å². The number of benzene rings is 1. The van der Waals surface area contributed by atoms with Crippen molar-refractivity contribution in [3.05, 3.63) is 30.3 Å². The number of hydrogen-bond donors (Lipinski definition) is 0. The smallest absolute Gasteiger partial charge is 0.0137 e. The summed E-state index contributed by atoms with van der Waals surface area (Å²) in [7, 11) is -0.0373. The molecule has 3 atom stereocenters. The minimum atomic E-state index is -0.0373. The van der Waals surface area contributed by atoms with E-state index in [0.29, 0.717) is 5.16 Å². The molecule has 1 aromatic rings. The van der Waals surface area contributed by atoms with Gasteiger partial charge < -0.3 is 0 Å². The van der Waals surface area contributed by atoms with Gasteiger partial charge in [0.25, 0.3) is 0 Å². The number of rotatable bonds is 2. The molecule has 1 saturated carbocycles. The lowest BCUT2D eigenvalue weighted by molar-refractivity contribution is 0.609. The second kappa shape index (κ2) is 5.11. The van der Waals surface area contributed by atoms with E-state index in [2.05, 4.69) is 58.0 Å². The van der Waals surface area contributed by atoms with Crippen LogP contribution in [0.25, 0.3) is 0 Å². The molecule has 0 heterocycles. The zero-order valence-electron chi connectivity index (χ0n) is 11.6. The highest BCUT2D eigenvalue weighted by Gasteiger charge is 2.37. The maximum Gasteiger partial charge on any atom is -0.0137 e. The quantitative estimate of drug-likeness (QED) is 0.661. The van der Waals surface area contributed by atoms with Gasteiger partial charge in [-0.05, 0) is 28.5 Å². The van der Waals surface area contributed by atoms with Crippen LogP contribution in [0.3, 0.4) is 0 Å². The highest BCUT2D eigenvalue weighted by molar-refractivity contribution is 7.67. The summed E-state index contributed by atoms with van der Waals surface area (Å²) in [6.45, 7) is 9.74. The first kappa shape index (κ1) is 13.1. The first-order valence-electron chi connectivity index (χ1n) is 6.84. The maximum absolute atomic E-state index is 2.46. The lowest BCUT2D eigenvalue weighted by Gasteiger charge is -2.38. The van der Waals surface area contributed by atoms with Gasteiger partial charge in [-0.1, -0.05) is 78.8 Å². The monoisotopic (exact) mass is 248 g/mol. The van der Waals surface area contributed by atoms with Gasteiger partial charge in [0.1, 0.15) is 0 Å². The van der Waals surface area contributed by atoms with Crippen LogP contribution in [0.15, 0.2) is 30.3 Å². The van der Waals surface area contributed by atoms with Crippen molar-refractivity contribution >= 4 is 13.2 Å². The van der Waals surface area contributed by atoms with E-state index in [1.54, 1.807) is 5.30 Å². The highest BCUT2D eigenvalue weighted by atomic mass is 31.1. The predicted octanol–water partition coefficient (Wildman–Crippen LogP) is 4.78. The molecular formula is C16H25P. The zero-order valence-corrected chi connectivity index (χ0v) is 12.5. The molecule has 0 amide bonds. The number of hydrogen-bond acceptors (Lipinski definition) is 0. The molecule has 0 N–H and O–H groups in total. The summed E-state index contributed by atoms with van der Waals surface area (Å²) in [6, 6.07) is 11.2. The lowest BCUT2D eigenvalue weighted by Crippen LogP contribution is -2.28. The van der Waals surface area contributed by atoms with Crippen molar-refractivity contribution in [3.63, 3.8) is 0 Å².